The lowest BCUT2D eigenvalue weighted by Gasteiger charge is -2.13. The fourth-order valence-electron chi connectivity index (χ4n) is 1.68. The molecule has 0 atom stereocenters. The molecule has 0 aliphatic heterocycles. The molecule has 0 saturated heterocycles. The van der Waals surface area contributed by atoms with Gasteiger partial charge in [0.25, 0.3) is 0 Å². The second-order valence-corrected chi connectivity index (χ2v) is 4.78. The second kappa shape index (κ2) is 6.24. The van der Waals surface area contributed by atoms with E-state index in [2.05, 4.69) is 19.2 Å². The van der Waals surface area contributed by atoms with E-state index < -0.39 is 0 Å². The van der Waals surface area contributed by atoms with Crippen LogP contribution in [0.3, 0.4) is 0 Å². The number of allylic oxidation sites excluding steroid dienone is 1. The summed E-state index contributed by atoms with van der Waals surface area (Å²) in [5, 5.41) is 2.88. The van der Waals surface area contributed by atoms with Gasteiger partial charge in [-0.25, -0.2) is 0 Å². The Kier molecular flexibility index (Phi) is 4.95. The Balaban J connectivity index is 2.94. The first-order valence-electron chi connectivity index (χ1n) is 6.08. The maximum absolute atomic E-state index is 11.8. The van der Waals surface area contributed by atoms with Crippen molar-refractivity contribution >= 4 is 11.5 Å². The third-order valence-corrected chi connectivity index (χ3v) is 2.45. The van der Waals surface area contributed by atoms with Crippen molar-refractivity contribution in [1.29, 1.82) is 0 Å². The molecule has 0 aliphatic carbocycles. The Hall–Kier alpha value is -1.57. The maximum atomic E-state index is 11.8. The zero-order valence-electron chi connectivity index (χ0n) is 11.0. The predicted octanol–water partition coefficient (Wildman–Crippen LogP) is 3.25. The zero-order chi connectivity index (χ0) is 12.8. The third-order valence-electron chi connectivity index (χ3n) is 2.45. The fraction of sp³-hybridized carbons (Fsp3) is 0.400. The van der Waals surface area contributed by atoms with E-state index >= 15 is 0 Å². The average molecular weight is 231 g/mol. The lowest BCUT2D eigenvalue weighted by atomic mass is 9.95. The van der Waals surface area contributed by atoms with Crippen LogP contribution in [0.2, 0.25) is 0 Å². The van der Waals surface area contributed by atoms with Crippen LogP contribution in [0.1, 0.15) is 33.3 Å². The van der Waals surface area contributed by atoms with Crippen molar-refractivity contribution in [1.82, 2.24) is 5.32 Å². The van der Waals surface area contributed by atoms with E-state index in [1.54, 1.807) is 6.08 Å². The van der Waals surface area contributed by atoms with Gasteiger partial charge < -0.3 is 5.32 Å². The quantitative estimate of drug-likeness (QED) is 0.792. The van der Waals surface area contributed by atoms with Crippen LogP contribution in [0.5, 0.6) is 0 Å². The molecule has 0 saturated carbocycles. The van der Waals surface area contributed by atoms with E-state index in [0.717, 1.165) is 11.1 Å². The standard InChI is InChI=1S/C15H21NO/c1-11(2)14(10-15(17)16-12(3)4)13-8-6-5-7-9-13/h5-12H,1-4H3,(H,16,17)/b14-10+. The van der Waals surface area contributed by atoms with Crippen molar-refractivity contribution < 1.29 is 4.79 Å². The molecule has 0 bridgehead atoms. The summed E-state index contributed by atoms with van der Waals surface area (Å²) >= 11 is 0. The summed E-state index contributed by atoms with van der Waals surface area (Å²) in [5.74, 6) is 0.308. The first-order valence-corrected chi connectivity index (χ1v) is 6.08. The smallest absolute Gasteiger partial charge is 0.244 e. The largest absolute Gasteiger partial charge is 0.350 e. The van der Waals surface area contributed by atoms with Crippen molar-refractivity contribution in [3.8, 4) is 0 Å². The Morgan fingerprint density at radius 1 is 1.12 bits per heavy atom. The number of hydrogen-bond donors (Lipinski definition) is 1. The lowest BCUT2D eigenvalue weighted by molar-refractivity contribution is -0.116. The molecule has 2 nitrogen and oxygen atoms in total. The van der Waals surface area contributed by atoms with Crippen LogP contribution in [0, 0.1) is 5.92 Å². The number of carbonyl (C=O) groups is 1. The van der Waals surface area contributed by atoms with Gasteiger partial charge in [0.05, 0.1) is 0 Å². The van der Waals surface area contributed by atoms with Crippen molar-refractivity contribution in [3.63, 3.8) is 0 Å². The van der Waals surface area contributed by atoms with Crippen LogP contribution in [-0.2, 0) is 4.79 Å². The molecular formula is C15H21NO. The summed E-state index contributed by atoms with van der Waals surface area (Å²) in [5.41, 5.74) is 2.19. The number of rotatable bonds is 4. The molecule has 1 N–H and O–H groups in total. The molecule has 0 fully saturated rings. The van der Waals surface area contributed by atoms with Crippen LogP contribution in [-0.4, -0.2) is 11.9 Å². The molecule has 92 valence electrons. The van der Waals surface area contributed by atoms with Gasteiger partial charge in [-0.2, -0.15) is 0 Å². The van der Waals surface area contributed by atoms with Gasteiger partial charge in [0.1, 0.15) is 0 Å². The summed E-state index contributed by atoms with van der Waals surface area (Å²) in [6.07, 6.45) is 1.71. The van der Waals surface area contributed by atoms with Gasteiger partial charge in [-0.05, 0) is 30.9 Å². The minimum Gasteiger partial charge on any atom is -0.350 e. The number of benzene rings is 1. The Bertz CT molecular complexity index is 391. The zero-order valence-corrected chi connectivity index (χ0v) is 11.0. The summed E-state index contributed by atoms with van der Waals surface area (Å²) < 4.78 is 0. The third kappa shape index (κ3) is 4.43. The van der Waals surface area contributed by atoms with Gasteiger partial charge in [0.2, 0.25) is 5.91 Å². The van der Waals surface area contributed by atoms with Gasteiger partial charge in [-0.1, -0.05) is 44.2 Å². The van der Waals surface area contributed by atoms with Crippen LogP contribution in [0.4, 0.5) is 0 Å². The topological polar surface area (TPSA) is 29.1 Å². The highest BCUT2D eigenvalue weighted by atomic mass is 16.1. The summed E-state index contributed by atoms with van der Waals surface area (Å²) in [6, 6.07) is 10.2. The first kappa shape index (κ1) is 13.5. The Labute approximate surface area is 104 Å². The highest BCUT2D eigenvalue weighted by molar-refractivity contribution is 5.95. The van der Waals surface area contributed by atoms with Gasteiger partial charge in [-0.3, -0.25) is 4.79 Å². The number of amides is 1. The van der Waals surface area contributed by atoms with Crippen molar-refractivity contribution in [2.75, 3.05) is 0 Å². The van der Waals surface area contributed by atoms with Crippen LogP contribution < -0.4 is 5.32 Å². The predicted molar refractivity (Wildman–Crippen MR) is 72.5 cm³/mol. The molecular weight excluding hydrogens is 210 g/mol. The van der Waals surface area contributed by atoms with Gasteiger partial charge in [0.15, 0.2) is 0 Å². The van der Waals surface area contributed by atoms with Gasteiger partial charge in [-0.15, -0.1) is 0 Å². The Morgan fingerprint density at radius 3 is 2.18 bits per heavy atom. The molecule has 1 amide bonds. The number of carbonyl (C=O) groups excluding carboxylic acids is 1. The monoisotopic (exact) mass is 231 g/mol. The summed E-state index contributed by atoms with van der Waals surface area (Å²) in [7, 11) is 0. The van der Waals surface area contributed by atoms with Crippen molar-refractivity contribution in [3.05, 3.63) is 42.0 Å². The fourth-order valence-corrected chi connectivity index (χ4v) is 1.68. The summed E-state index contributed by atoms with van der Waals surface area (Å²) in [4.78, 5) is 11.8. The first-order chi connectivity index (χ1) is 8.00. The molecule has 17 heavy (non-hydrogen) atoms. The molecule has 2 heteroatoms. The molecule has 1 aromatic rings. The molecule has 0 spiro atoms. The van der Waals surface area contributed by atoms with E-state index in [-0.39, 0.29) is 11.9 Å². The van der Waals surface area contributed by atoms with E-state index in [9.17, 15) is 4.79 Å². The number of nitrogens with one attached hydrogen (secondary N) is 1. The average Bonchev–Trinajstić information content (AvgIpc) is 2.25. The van der Waals surface area contributed by atoms with Crippen LogP contribution >= 0.6 is 0 Å². The SMILES string of the molecule is CC(C)NC(=O)/C=C(/c1ccccc1)C(C)C. The van der Waals surface area contributed by atoms with E-state index in [4.69, 9.17) is 0 Å². The van der Waals surface area contributed by atoms with E-state index in [0.29, 0.717) is 5.92 Å². The highest BCUT2D eigenvalue weighted by Gasteiger charge is 2.09. The van der Waals surface area contributed by atoms with Crippen molar-refractivity contribution in [2.24, 2.45) is 5.92 Å². The molecule has 1 aromatic carbocycles. The van der Waals surface area contributed by atoms with Gasteiger partial charge in [0, 0.05) is 12.1 Å². The van der Waals surface area contributed by atoms with Crippen LogP contribution in [0.25, 0.3) is 5.57 Å². The molecule has 1 rings (SSSR count). The number of hydrogen-bond acceptors (Lipinski definition) is 1. The highest BCUT2D eigenvalue weighted by Crippen LogP contribution is 2.22. The lowest BCUT2D eigenvalue weighted by Crippen LogP contribution is -2.28. The second-order valence-electron chi connectivity index (χ2n) is 4.78. The molecule has 0 heterocycles. The molecule has 0 aromatic heterocycles. The summed E-state index contributed by atoms with van der Waals surface area (Å²) in [6.45, 7) is 8.12. The minimum absolute atomic E-state index is 0.0208. The van der Waals surface area contributed by atoms with E-state index in [1.165, 1.54) is 0 Å². The minimum atomic E-state index is -0.0208. The molecule has 0 unspecified atom stereocenters. The Morgan fingerprint density at radius 2 is 1.71 bits per heavy atom. The van der Waals surface area contributed by atoms with Crippen LogP contribution in [0.15, 0.2) is 36.4 Å². The molecule has 0 aliphatic rings. The normalized spacial score (nSPS) is 12.0. The van der Waals surface area contributed by atoms with E-state index in [1.807, 2.05) is 44.2 Å². The van der Waals surface area contributed by atoms with Gasteiger partial charge >= 0.3 is 0 Å². The molecule has 0 radical (unpaired) electrons. The maximum Gasteiger partial charge on any atom is 0.244 e. The van der Waals surface area contributed by atoms with Crippen molar-refractivity contribution in [2.45, 2.75) is 33.7 Å².